The SMILES string of the molecule is O=C(NCCc1ccc(Cl)cc1)Nc1ccon1. The molecule has 5 nitrogen and oxygen atoms in total. The molecule has 1 aromatic carbocycles. The summed E-state index contributed by atoms with van der Waals surface area (Å²) >= 11 is 5.78. The fourth-order valence-electron chi connectivity index (χ4n) is 1.41. The van der Waals surface area contributed by atoms with Crippen LogP contribution in [0, 0.1) is 0 Å². The van der Waals surface area contributed by atoms with Crippen molar-refractivity contribution in [3.05, 3.63) is 47.2 Å². The maximum absolute atomic E-state index is 11.4. The number of aromatic nitrogens is 1. The summed E-state index contributed by atoms with van der Waals surface area (Å²) in [5, 5.41) is 9.54. The normalized spacial score (nSPS) is 10.1. The molecular weight excluding hydrogens is 254 g/mol. The van der Waals surface area contributed by atoms with Gasteiger partial charge in [-0.3, -0.25) is 5.32 Å². The Bertz CT molecular complexity index is 497. The molecule has 2 amide bonds. The number of rotatable bonds is 4. The van der Waals surface area contributed by atoms with Crippen molar-refractivity contribution in [2.45, 2.75) is 6.42 Å². The molecule has 0 saturated carbocycles. The molecule has 1 heterocycles. The fourth-order valence-corrected chi connectivity index (χ4v) is 1.53. The zero-order chi connectivity index (χ0) is 12.8. The minimum Gasteiger partial charge on any atom is -0.363 e. The molecule has 1 aromatic heterocycles. The van der Waals surface area contributed by atoms with Crippen LogP contribution in [0.2, 0.25) is 5.02 Å². The lowest BCUT2D eigenvalue weighted by molar-refractivity contribution is 0.252. The highest BCUT2D eigenvalue weighted by Crippen LogP contribution is 2.09. The molecule has 0 saturated heterocycles. The lowest BCUT2D eigenvalue weighted by atomic mass is 10.1. The van der Waals surface area contributed by atoms with Crippen molar-refractivity contribution in [1.29, 1.82) is 0 Å². The van der Waals surface area contributed by atoms with Crippen LogP contribution in [-0.4, -0.2) is 17.7 Å². The minimum atomic E-state index is -0.308. The van der Waals surface area contributed by atoms with Crippen LogP contribution in [0.25, 0.3) is 0 Å². The van der Waals surface area contributed by atoms with Crippen LogP contribution in [0.5, 0.6) is 0 Å². The fraction of sp³-hybridized carbons (Fsp3) is 0.167. The zero-order valence-electron chi connectivity index (χ0n) is 9.52. The third-order valence-corrected chi connectivity index (χ3v) is 2.54. The Morgan fingerprint density at radius 2 is 2.06 bits per heavy atom. The number of halogens is 1. The van der Waals surface area contributed by atoms with E-state index in [1.54, 1.807) is 6.07 Å². The van der Waals surface area contributed by atoms with Gasteiger partial charge in [-0.25, -0.2) is 4.79 Å². The molecule has 2 rings (SSSR count). The van der Waals surface area contributed by atoms with Crippen LogP contribution in [-0.2, 0) is 6.42 Å². The highest BCUT2D eigenvalue weighted by atomic mass is 35.5. The largest absolute Gasteiger partial charge is 0.363 e. The number of hydrogen-bond acceptors (Lipinski definition) is 3. The van der Waals surface area contributed by atoms with Gasteiger partial charge < -0.3 is 9.84 Å². The van der Waals surface area contributed by atoms with Gasteiger partial charge in [0.05, 0.1) is 0 Å². The predicted molar refractivity (Wildman–Crippen MR) is 68.7 cm³/mol. The lowest BCUT2D eigenvalue weighted by Gasteiger charge is -2.05. The Kier molecular flexibility index (Phi) is 4.20. The summed E-state index contributed by atoms with van der Waals surface area (Å²) in [6.07, 6.45) is 2.13. The molecule has 0 atom stereocenters. The molecule has 2 aromatic rings. The van der Waals surface area contributed by atoms with E-state index >= 15 is 0 Å². The van der Waals surface area contributed by atoms with Gasteiger partial charge in [0.1, 0.15) is 6.26 Å². The van der Waals surface area contributed by atoms with Crippen LogP contribution < -0.4 is 10.6 Å². The summed E-state index contributed by atoms with van der Waals surface area (Å²) in [6.45, 7) is 0.533. The Balaban J connectivity index is 1.72. The second-order valence-electron chi connectivity index (χ2n) is 3.64. The van der Waals surface area contributed by atoms with Crippen molar-refractivity contribution in [3.8, 4) is 0 Å². The number of amides is 2. The number of carbonyl (C=O) groups excluding carboxylic acids is 1. The molecule has 6 heteroatoms. The number of nitrogens with one attached hydrogen (secondary N) is 2. The van der Waals surface area contributed by atoms with E-state index in [4.69, 9.17) is 11.6 Å². The quantitative estimate of drug-likeness (QED) is 0.893. The summed E-state index contributed by atoms with van der Waals surface area (Å²) in [5.41, 5.74) is 1.11. The summed E-state index contributed by atoms with van der Waals surface area (Å²) in [6, 6.07) is 8.77. The van der Waals surface area contributed by atoms with E-state index in [-0.39, 0.29) is 6.03 Å². The first-order valence-corrected chi connectivity index (χ1v) is 5.81. The summed E-state index contributed by atoms with van der Waals surface area (Å²) in [7, 11) is 0. The van der Waals surface area contributed by atoms with Gasteiger partial charge in [-0.15, -0.1) is 0 Å². The van der Waals surface area contributed by atoms with Crippen LogP contribution in [0.15, 0.2) is 41.1 Å². The lowest BCUT2D eigenvalue weighted by Crippen LogP contribution is -2.30. The third-order valence-electron chi connectivity index (χ3n) is 2.29. The Labute approximate surface area is 109 Å². The van der Waals surface area contributed by atoms with Crippen molar-refractivity contribution in [1.82, 2.24) is 10.5 Å². The topological polar surface area (TPSA) is 67.2 Å². The minimum absolute atomic E-state index is 0.308. The smallest absolute Gasteiger partial charge is 0.320 e. The van der Waals surface area contributed by atoms with Crippen molar-refractivity contribution < 1.29 is 9.32 Å². The highest BCUT2D eigenvalue weighted by molar-refractivity contribution is 6.30. The van der Waals surface area contributed by atoms with E-state index in [9.17, 15) is 4.79 Å². The van der Waals surface area contributed by atoms with Gasteiger partial charge in [0.15, 0.2) is 5.82 Å². The van der Waals surface area contributed by atoms with E-state index in [2.05, 4.69) is 20.3 Å². The molecule has 0 aliphatic carbocycles. The maximum Gasteiger partial charge on any atom is 0.320 e. The summed E-state index contributed by atoms with van der Waals surface area (Å²) in [4.78, 5) is 11.4. The van der Waals surface area contributed by atoms with Crippen LogP contribution >= 0.6 is 11.6 Å². The second-order valence-corrected chi connectivity index (χ2v) is 4.08. The zero-order valence-corrected chi connectivity index (χ0v) is 10.3. The molecule has 0 aliphatic rings. The van der Waals surface area contributed by atoms with E-state index in [0.29, 0.717) is 17.4 Å². The molecule has 0 bridgehead atoms. The molecule has 0 fully saturated rings. The first kappa shape index (κ1) is 12.4. The number of nitrogens with zero attached hydrogens (tertiary/aromatic N) is 1. The first-order valence-electron chi connectivity index (χ1n) is 5.44. The van der Waals surface area contributed by atoms with Crippen molar-refractivity contribution in [2.75, 3.05) is 11.9 Å². The molecule has 94 valence electrons. The number of carbonyl (C=O) groups is 1. The van der Waals surface area contributed by atoms with E-state index in [1.807, 2.05) is 24.3 Å². The van der Waals surface area contributed by atoms with Gasteiger partial charge in [-0.2, -0.15) is 0 Å². The first-order chi connectivity index (χ1) is 8.74. The number of urea groups is 1. The molecule has 0 unspecified atom stereocenters. The van der Waals surface area contributed by atoms with Crippen molar-refractivity contribution in [2.24, 2.45) is 0 Å². The monoisotopic (exact) mass is 265 g/mol. The van der Waals surface area contributed by atoms with Gasteiger partial charge >= 0.3 is 6.03 Å². The van der Waals surface area contributed by atoms with E-state index in [0.717, 1.165) is 12.0 Å². The van der Waals surface area contributed by atoms with Crippen LogP contribution in [0.1, 0.15) is 5.56 Å². The highest BCUT2D eigenvalue weighted by Gasteiger charge is 2.02. The molecule has 0 radical (unpaired) electrons. The van der Waals surface area contributed by atoms with Crippen LogP contribution in [0.4, 0.5) is 10.6 Å². The molecular formula is C12H12ClN3O2. The third kappa shape index (κ3) is 3.78. The Morgan fingerprint density at radius 3 is 2.72 bits per heavy atom. The van der Waals surface area contributed by atoms with Crippen LogP contribution in [0.3, 0.4) is 0 Å². The molecule has 2 N–H and O–H groups in total. The van der Waals surface area contributed by atoms with Gasteiger partial charge in [0.2, 0.25) is 0 Å². The Morgan fingerprint density at radius 1 is 1.28 bits per heavy atom. The molecule has 0 spiro atoms. The van der Waals surface area contributed by atoms with Gasteiger partial charge in [0, 0.05) is 17.6 Å². The number of benzene rings is 1. The standard InChI is InChI=1S/C12H12ClN3O2/c13-10-3-1-9(2-4-10)5-7-14-12(17)15-11-6-8-18-16-11/h1-4,6,8H,5,7H2,(H2,14,15,16,17). The van der Waals surface area contributed by atoms with Crippen molar-refractivity contribution >= 4 is 23.4 Å². The van der Waals surface area contributed by atoms with E-state index in [1.165, 1.54) is 6.26 Å². The predicted octanol–water partition coefficient (Wildman–Crippen LogP) is 2.69. The van der Waals surface area contributed by atoms with E-state index < -0.39 is 0 Å². The van der Waals surface area contributed by atoms with Gasteiger partial charge in [0.25, 0.3) is 0 Å². The molecule has 0 aliphatic heterocycles. The summed E-state index contributed by atoms with van der Waals surface area (Å²) in [5.74, 6) is 0.388. The van der Waals surface area contributed by atoms with Gasteiger partial charge in [-0.05, 0) is 24.1 Å². The molecule has 18 heavy (non-hydrogen) atoms. The second kappa shape index (κ2) is 6.07. The Hall–Kier alpha value is -2.01. The number of hydrogen-bond donors (Lipinski definition) is 2. The summed E-state index contributed by atoms with van der Waals surface area (Å²) < 4.78 is 4.60. The maximum atomic E-state index is 11.4. The average Bonchev–Trinajstić information content (AvgIpc) is 2.84. The van der Waals surface area contributed by atoms with Crippen molar-refractivity contribution in [3.63, 3.8) is 0 Å². The van der Waals surface area contributed by atoms with Gasteiger partial charge in [-0.1, -0.05) is 28.9 Å². The average molecular weight is 266 g/mol. The number of anilines is 1.